The predicted octanol–water partition coefficient (Wildman–Crippen LogP) is 4.27. The van der Waals surface area contributed by atoms with Crippen molar-refractivity contribution in [3.63, 3.8) is 0 Å². The summed E-state index contributed by atoms with van der Waals surface area (Å²) in [6.07, 6.45) is 4.31. The van der Waals surface area contributed by atoms with Gasteiger partial charge in [-0.15, -0.1) is 0 Å². The van der Waals surface area contributed by atoms with Gasteiger partial charge in [0.15, 0.2) is 5.76 Å². The Morgan fingerprint density at radius 3 is 2.72 bits per heavy atom. The maximum Gasteiger partial charge on any atom is 0.255 e. The fraction of sp³-hybridized carbons (Fsp3) is 0.292. The van der Waals surface area contributed by atoms with E-state index in [4.69, 9.17) is 20.3 Å². The molecule has 32 heavy (non-hydrogen) atoms. The van der Waals surface area contributed by atoms with Gasteiger partial charge < -0.3 is 30.2 Å². The molecule has 1 saturated heterocycles. The fourth-order valence-corrected chi connectivity index (χ4v) is 4.13. The number of hydrogen-bond acceptors (Lipinski definition) is 5. The van der Waals surface area contributed by atoms with Crippen molar-refractivity contribution in [2.45, 2.75) is 33.7 Å². The van der Waals surface area contributed by atoms with Gasteiger partial charge in [0.05, 0.1) is 16.8 Å². The highest BCUT2D eigenvalue weighted by molar-refractivity contribution is 6.06. The maximum absolute atomic E-state index is 12.9. The number of nitrogens with one attached hydrogen (secondary N) is 2. The second-order valence-electron chi connectivity index (χ2n) is 8.23. The Hall–Kier alpha value is -3.81. The van der Waals surface area contributed by atoms with E-state index in [1.165, 1.54) is 6.08 Å². The first-order chi connectivity index (χ1) is 15.2. The number of aromatic amines is 1. The number of nitrogens with zero attached hydrogens (tertiary/aromatic N) is 1. The van der Waals surface area contributed by atoms with Gasteiger partial charge in [-0.1, -0.05) is 6.92 Å². The third-order valence-electron chi connectivity index (χ3n) is 6.22. The topological polar surface area (TPSA) is 125 Å². The second kappa shape index (κ2) is 8.03. The zero-order chi connectivity index (χ0) is 23.2. The average Bonchev–Trinajstić information content (AvgIpc) is 3.29. The first kappa shape index (κ1) is 21.4. The molecule has 1 aliphatic rings. The van der Waals surface area contributed by atoms with Gasteiger partial charge in [0.2, 0.25) is 0 Å². The fourth-order valence-electron chi connectivity index (χ4n) is 4.13. The van der Waals surface area contributed by atoms with E-state index in [2.05, 4.69) is 18.8 Å². The number of aromatic nitrogens is 1. The zero-order valence-corrected chi connectivity index (χ0v) is 18.5. The van der Waals surface area contributed by atoms with E-state index in [9.17, 15) is 9.59 Å². The molecule has 4 N–H and O–H groups in total. The Balaban J connectivity index is 0.00000306. The summed E-state index contributed by atoms with van der Waals surface area (Å²) in [6, 6.07) is 5.29. The van der Waals surface area contributed by atoms with Crippen molar-refractivity contribution in [2.24, 2.45) is 11.7 Å². The number of benzene rings is 1. The standard InChI is InChI=1S/C24H26N4O4.H2/c1-12-11-28(14(12)3)24(30)18-10-27-22(13(18)2)19(7-8-25)32-16-5-6-17-20(9-16)31-15(4)21(17)23(26)29;/h5-10,12,14,25,27H,11H2,1-4H3,(H2,26,29);1H/b19-7+,25-8?;/t12-,14+;/m1./s1. The van der Waals surface area contributed by atoms with E-state index in [1.54, 1.807) is 31.3 Å². The van der Waals surface area contributed by atoms with Crippen molar-refractivity contribution in [3.05, 3.63) is 58.6 Å². The van der Waals surface area contributed by atoms with Crippen molar-refractivity contribution in [1.29, 1.82) is 5.41 Å². The van der Waals surface area contributed by atoms with Crippen molar-refractivity contribution in [1.82, 2.24) is 9.88 Å². The molecule has 0 radical (unpaired) electrons. The van der Waals surface area contributed by atoms with Gasteiger partial charge in [0.1, 0.15) is 17.1 Å². The van der Waals surface area contributed by atoms with E-state index in [-0.39, 0.29) is 13.4 Å². The summed E-state index contributed by atoms with van der Waals surface area (Å²) in [4.78, 5) is 29.6. The number of aryl methyl sites for hydroxylation is 1. The molecule has 0 unspecified atom stereocenters. The third-order valence-corrected chi connectivity index (χ3v) is 6.22. The van der Waals surface area contributed by atoms with Crippen LogP contribution in [0.2, 0.25) is 0 Å². The molecule has 2 amide bonds. The summed E-state index contributed by atoms with van der Waals surface area (Å²) in [5.74, 6) is 1.21. The number of nitrogens with two attached hydrogens (primary N) is 1. The largest absolute Gasteiger partial charge is 0.460 e. The van der Waals surface area contributed by atoms with E-state index >= 15 is 0 Å². The minimum Gasteiger partial charge on any atom is -0.460 e. The normalized spacial score (nSPS) is 18.5. The minimum absolute atomic E-state index is 0. The molecule has 0 saturated carbocycles. The monoisotopic (exact) mass is 436 g/mol. The summed E-state index contributed by atoms with van der Waals surface area (Å²) in [6.45, 7) is 8.46. The van der Waals surface area contributed by atoms with E-state index in [1.807, 2.05) is 11.8 Å². The number of carbonyl (C=O) groups is 2. The van der Waals surface area contributed by atoms with Gasteiger partial charge in [-0.3, -0.25) is 9.59 Å². The molecule has 0 aliphatic carbocycles. The van der Waals surface area contributed by atoms with E-state index in [0.29, 0.717) is 51.0 Å². The Bertz CT molecular complexity index is 1270. The minimum atomic E-state index is -0.551. The van der Waals surface area contributed by atoms with Crippen LogP contribution in [0.1, 0.15) is 53.0 Å². The molecule has 1 fully saturated rings. The number of primary amides is 1. The molecule has 2 atom stereocenters. The van der Waals surface area contributed by atoms with E-state index in [0.717, 1.165) is 18.3 Å². The Morgan fingerprint density at radius 2 is 2.09 bits per heavy atom. The van der Waals surface area contributed by atoms with Crippen molar-refractivity contribution in [3.8, 4) is 5.75 Å². The number of amides is 2. The first-order valence-corrected chi connectivity index (χ1v) is 10.4. The summed E-state index contributed by atoms with van der Waals surface area (Å²) in [5, 5.41) is 8.15. The van der Waals surface area contributed by atoms with Crippen molar-refractivity contribution < 1.29 is 20.2 Å². The molecule has 1 aromatic carbocycles. The van der Waals surface area contributed by atoms with Gasteiger partial charge in [-0.25, -0.2) is 0 Å². The first-order valence-electron chi connectivity index (χ1n) is 10.4. The lowest BCUT2D eigenvalue weighted by atomic mass is 9.91. The molecule has 0 bridgehead atoms. The van der Waals surface area contributed by atoms with Crippen LogP contribution in [0.5, 0.6) is 5.75 Å². The number of allylic oxidation sites excluding steroid dienone is 1. The molecule has 1 aliphatic heterocycles. The van der Waals surface area contributed by atoms with Crippen molar-refractivity contribution in [2.75, 3.05) is 6.54 Å². The maximum atomic E-state index is 12.9. The van der Waals surface area contributed by atoms with Gasteiger partial charge in [-0.05, 0) is 44.4 Å². The van der Waals surface area contributed by atoms with Crippen LogP contribution in [0.15, 0.2) is 34.9 Å². The van der Waals surface area contributed by atoms with Gasteiger partial charge in [0, 0.05) is 44.0 Å². The summed E-state index contributed by atoms with van der Waals surface area (Å²) in [5.41, 5.74) is 8.23. The highest BCUT2D eigenvalue weighted by Crippen LogP contribution is 2.32. The van der Waals surface area contributed by atoms with Crippen LogP contribution in [0.4, 0.5) is 0 Å². The van der Waals surface area contributed by atoms with Crippen LogP contribution in [-0.2, 0) is 0 Å². The summed E-state index contributed by atoms with van der Waals surface area (Å²) in [7, 11) is 0. The van der Waals surface area contributed by atoms with Crippen LogP contribution in [0.3, 0.4) is 0 Å². The molecular weight excluding hydrogens is 408 g/mol. The number of rotatable bonds is 6. The number of H-pyrrole nitrogens is 1. The zero-order valence-electron chi connectivity index (χ0n) is 18.5. The Morgan fingerprint density at radius 1 is 1.34 bits per heavy atom. The molecule has 8 heteroatoms. The van der Waals surface area contributed by atoms with Gasteiger partial charge >= 0.3 is 0 Å². The SMILES string of the molecule is Cc1oc2cc(O/C(=C/C=N)c3[nH]cc(C(=O)N4C[C@@H](C)[C@@H]4C)c3C)ccc2c1C(N)=O.[HH]. The molecule has 3 aromatic rings. The van der Waals surface area contributed by atoms with Crippen molar-refractivity contribution >= 4 is 34.8 Å². The highest BCUT2D eigenvalue weighted by atomic mass is 16.5. The van der Waals surface area contributed by atoms with Crippen LogP contribution in [0, 0.1) is 25.2 Å². The molecule has 8 nitrogen and oxygen atoms in total. The molecule has 0 spiro atoms. The highest BCUT2D eigenvalue weighted by Gasteiger charge is 2.37. The van der Waals surface area contributed by atoms with E-state index < -0.39 is 5.91 Å². The molecule has 2 aromatic heterocycles. The second-order valence-corrected chi connectivity index (χ2v) is 8.23. The molecule has 168 valence electrons. The molecule has 3 heterocycles. The van der Waals surface area contributed by atoms with Gasteiger partial charge in [-0.2, -0.15) is 0 Å². The molecule has 4 rings (SSSR count). The summed E-state index contributed by atoms with van der Waals surface area (Å²) >= 11 is 0. The molecular formula is C24H28N4O4. The lowest BCUT2D eigenvalue weighted by Crippen LogP contribution is -2.55. The number of carbonyl (C=O) groups excluding carboxylic acids is 2. The number of hydrogen-bond donors (Lipinski definition) is 3. The van der Waals surface area contributed by atoms with Crippen LogP contribution in [0.25, 0.3) is 16.7 Å². The number of ether oxygens (including phenoxy) is 1. The number of fused-ring (bicyclic) bond motifs is 1. The van der Waals surface area contributed by atoms with Crippen LogP contribution in [-0.4, -0.2) is 40.5 Å². The Kier molecular flexibility index (Phi) is 5.38. The number of likely N-dealkylation sites (tertiary alicyclic amines) is 1. The third kappa shape index (κ3) is 3.47. The number of furan rings is 1. The quantitative estimate of drug-likeness (QED) is 0.394. The Labute approximate surface area is 187 Å². The smallest absolute Gasteiger partial charge is 0.255 e. The predicted molar refractivity (Wildman–Crippen MR) is 124 cm³/mol. The van der Waals surface area contributed by atoms with Gasteiger partial charge in [0.25, 0.3) is 11.8 Å². The van der Waals surface area contributed by atoms with Crippen LogP contribution < -0.4 is 10.5 Å². The average molecular weight is 437 g/mol. The lowest BCUT2D eigenvalue weighted by Gasteiger charge is -2.44. The van der Waals surface area contributed by atoms with Crippen LogP contribution >= 0.6 is 0 Å². The summed E-state index contributed by atoms with van der Waals surface area (Å²) < 4.78 is 11.7. The lowest BCUT2D eigenvalue weighted by molar-refractivity contribution is 0.0269.